The molecule has 0 aliphatic carbocycles. The van der Waals surface area contributed by atoms with Crippen LogP contribution in [0.2, 0.25) is 5.02 Å². The number of benzene rings is 2. The van der Waals surface area contributed by atoms with Gasteiger partial charge in [0.15, 0.2) is 9.84 Å². The summed E-state index contributed by atoms with van der Waals surface area (Å²) in [6.07, 6.45) is 0. The summed E-state index contributed by atoms with van der Waals surface area (Å²) >= 11 is 5.81. The van der Waals surface area contributed by atoms with Gasteiger partial charge in [-0.3, -0.25) is 0 Å². The predicted octanol–water partition coefficient (Wildman–Crippen LogP) is 3.87. The minimum Gasteiger partial charge on any atom is -0.496 e. The molecule has 0 spiro atoms. The molecular weight excluding hydrogens is 358 g/mol. The number of hydrogen-bond acceptors (Lipinski definition) is 4. The summed E-state index contributed by atoms with van der Waals surface area (Å²) in [5.74, 6) is 0.968. The Hall–Kier alpha value is -1.56. The first-order chi connectivity index (χ1) is 11.7. The summed E-state index contributed by atoms with van der Waals surface area (Å²) in [5.41, 5.74) is 3.31. The number of hydrogen-bond donors (Lipinski definition) is 0. The zero-order chi connectivity index (χ0) is 18.6. The minimum atomic E-state index is -3.31. The Bertz CT molecular complexity index is 809. The molecule has 4 nitrogen and oxygen atoms in total. The van der Waals surface area contributed by atoms with E-state index < -0.39 is 9.84 Å². The normalized spacial score (nSPS) is 11.8. The SMILES string of the molecule is COc1c(C)cc(CN(C)CCS(=O)(=O)c2ccc(Cl)cc2)cc1C. The van der Waals surface area contributed by atoms with Gasteiger partial charge in [-0.05, 0) is 61.9 Å². The van der Waals surface area contributed by atoms with E-state index in [4.69, 9.17) is 16.3 Å². The highest BCUT2D eigenvalue weighted by Gasteiger charge is 2.16. The molecule has 0 bridgehead atoms. The van der Waals surface area contributed by atoms with E-state index in [2.05, 4.69) is 12.1 Å². The van der Waals surface area contributed by atoms with E-state index in [0.29, 0.717) is 23.0 Å². The Balaban J connectivity index is 2.01. The lowest BCUT2D eigenvalue weighted by Crippen LogP contribution is -2.25. The summed E-state index contributed by atoms with van der Waals surface area (Å²) in [4.78, 5) is 2.31. The van der Waals surface area contributed by atoms with Gasteiger partial charge in [-0.2, -0.15) is 0 Å². The van der Waals surface area contributed by atoms with Gasteiger partial charge in [0.05, 0.1) is 17.8 Å². The lowest BCUT2D eigenvalue weighted by Gasteiger charge is -2.18. The van der Waals surface area contributed by atoms with Crippen molar-refractivity contribution < 1.29 is 13.2 Å². The highest BCUT2D eigenvalue weighted by Crippen LogP contribution is 2.25. The largest absolute Gasteiger partial charge is 0.496 e. The van der Waals surface area contributed by atoms with Crippen LogP contribution >= 0.6 is 11.6 Å². The molecule has 0 aliphatic rings. The lowest BCUT2D eigenvalue weighted by atomic mass is 10.1. The van der Waals surface area contributed by atoms with Gasteiger partial charge in [-0.15, -0.1) is 0 Å². The van der Waals surface area contributed by atoms with Gasteiger partial charge in [0.2, 0.25) is 0 Å². The molecule has 0 atom stereocenters. The van der Waals surface area contributed by atoms with E-state index in [-0.39, 0.29) is 5.75 Å². The summed E-state index contributed by atoms with van der Waals surface area (Å²) in [7, 11) is 0.281. The smallest absolute Gasteiger partial charge is 0.179 e. The van der Waals surface area contributed by atoms with Crippen molar-refractivity contribution in [3.8, 4) is 5.75 Å². The van der Waals surface area contributed by atoms with E-state index in [1.165, 1.54) is 0 Å². The third kappa shape index (κ3) is 5.21. The first-order valence-electron chi connectivity index (χ1n) is 8.04. The van der Waals surface area contributed by atoms with Gasteiger partial charge >= 0.3 is 0 Å². The second-order valence-electron chi connectivity index (χ2n) is 6.27. The van der Waals surface area contributed by atoms with Crippen molar-refractivity contribution >= 4 is 21.4 Å². The van der Waals surface area contributed by atoms with E-state index in [0.717, 1.165) is 22.4 Å². The highest BCUT2D eigenvalue weighted by molar-refractivity contribution is 7.91. The van der Waals surface area contributed by atoms with E-state index in [1.807, 2.05) is 25.8 Å². The molecule has 0 radical (unpaired) electrons. The fraction of sp³-hybridized carbons (Fsp3) is 0.368. The van der Waals surface area contributed by atoms with Crippen LogP contribution in [0.3, 0.4) is 0 Å². The molecule has 0 heterocycles. The van der Waals surface area contributed by atoms with Crippen molar-refractivity contribution in [3.63, 3.8) is 0 Å². The lowest BCUT2D eigenvalue weighted by molar-refractivity contribution is 0.345. The van der Waals surface area contributed by atoms with Gasteiger partial charge in [0.1, 0.15) is 5.75 Å². The molecule has 136 valence electrons. The Morgan fingerprint density at radius 1 is 1.08 bits per heavy atom. The number of rotatable bonds is 7. The second kappa shape index (κ2) is 8.21. The van der Waals surface area contributed by atoms with Crippen molar-refractivity contribution in [2.75, 3.05) is 26.5 Å². The molecule has 0 unspecified atom stereocenters. The van der Waals surface area contributed by atoms with Crippen LogP contribution in [0.4, 0.5) is 0 Å². The number of nitrogens with zero attached hydrogens (tertiary/aromatic N) is 1. The summed E-state index contributed by atoms with van der Waals surface area (Å²) < 4.78 is 30.2. The Morgan fingerprint density at radius 3 is 2.16 bits per heavy atom. The van der Waals surface area contributed by atoms with E-state index >= 15 is 0 Å². The Morgan fingerprint density at radius 2 is 1.64 bits per heavy atom. The second-order valence-corrected chi connectivity index (χ2v) is 8.82. The summed E-state index contributed by atoms with van der Waals surface area (Å²) in [6.45, 7) is 5.16. The van der Waals surface area contributed by atoms with Crippen molar-refractivity contribution in [2.45, 2.75) is 25.3 Å². The molecule has 0 amide bonds. The highest BCUT2D eigenvalue weighted by atomic mass is 35.5. The number of sulfone groups is 1. The first-order valence-corrected chi connectivity index (χ1v) is 10.1. The molecule has 2 aromatic rings. The zero-order valence-electron chi connectivity index (χ0n) is 15.0. The van der Waals surface area contributed by atoms with Gasteiger partial charge in [0.25, 0.3) is 0 Å². The van der Waals surface area contributed by atoms with Crippen LogP contribution in [0.1, 0.15) is 16.7 Å². The average Bonchev–Trinajstić information content (AvgIpc) is 2.53. The minimum absolute atomic E-state index is 0.0687. The van der Waals surface area contributed by atoms with Crippen LogP contribution in [0.15, 0.2) is 41.3 Å². The molecule has 0 saturated heterocycles. The fourth-order valence-electron chi connectivity index (χ4n) is 2.88. The van der Waals surface area contributed by atoms with Crippen molar-refractivity contribution in [1.29, 1.82) is 0 Å². The number of halogens is 1. The third-order valence-corrected chi connectivity index (χ3v) is 6.05. The molecule has 0 aromatic heterocycles. The predicted molar refractivity (Wildman–Crippen MR) is 102 cm³/mol. The van der Waals surface area contributed by atoms with Crippen molar-refractivity contribution in [2.24, 2.45) is 0 Å². The maximum atomic E-state index is 12.4. The van der Waals surface area contributed by atoms with Crippen molar-refractivity contribution in [1.82, 2.24) is 4.90 Å². The standard InChI is InChI=1S/C19H24ClNO3S/c1-14-11-16(12-15(2)19(14)24-4)13-21(3)9-10-25(22,23)18-7-5-17(20)6-8-18/h5-8,11-12H,9-10,13H2,1-4H3. The van der Waals surface area contributed by atoms with Crippen LogP contribution in [0.5, 0.6) is 5.75 Å². The molecule has 0 fully saturated rings. The molecule has 2 aromatic carbocycles. The van der Waals surface area contributed by atoms with Gasteiger partial charge in [0, 0.05) is 18.1 Å². The van der Waals surface area contributed by atoms with E-state index in [9.17, 15) is 8.42 Å². The summed E-state index contributed by atoms with van der Waals surface area (Å²) in [5, 5.41) is 0.529. The maximum Gasteiger partial charge on any atom is 0.179 e. The van der Waals surface area contributed by atoms with Crippen LogP contribution < -0.4 is 4.74 Å². The number of ether oxygens (including phenoxy) is 1. The number of methoxy groups -OCH3 is 1. The van der Waals surface area contributed by atoms with Gasteiger partial charge in [-0.25, -0.2) is 8.42 Å². The molecule has 0 N–H and O–H groups in total. The molecule has 0 aliphatic heterocycles. The third-order valence-electron chi connectivity index (χ3n) is 4.09. The van der Waals surface area contributed by atoms with Crippen LogP contribution in [0, 0.1) is 13.8 Å². The van der Waals surface area contributed by atoms with E-state index in [1.54, 1.807) is 31.4 Å². The van der Waals surface area contributed by atoms with Gasteiger partial charge < -0.3 is 9.64 Å². The maximum absolute atomic E-state index is 12.4. The van der Waals surface area contributed by atoms with Gasteiger partial charge in [-0.1, -0.05) is 23.7 Å². The topological polar surface area (TPSA) is 46.6 Å². The Labute approximate surface area is 155 Å². The monoisotopic (exact) mass is 381 g/mol. The van der Waals surface area contributed by atoms with Crippen molar-refractivity contribution in [3.05, 3.63) is 58.1 Å². The van der Waals surface area contributed by atoms with Crippen LogP contribution in [-0.2, 0) is 16.4 Å². The quantitative estimate of drug-likeness (QED) is 0.730. The molecule has 6 heteroatoms. The zero-order valence-corrected chi connectivity index (χ0v) is 16.6. The molecular formula is C19H24ClNO3S. The summed E-state index contributed by atoms with van der Waals surface area (Å²) in [6, 6.07) is 10.5. The fourth-order valence-corrected chi connectivity index (χ4v) is 4.34. The molecule has 0 saturated carbocycles. The Kier molecular flexibility index (Phi) is 6.49. The van der Waals surface area contributed by atoms with Crippen LogP contribution in [0.25, 0.3) is 0 Å². The molecule has 25 heavy (non-hydrogen) atoms. The van der Waals surface area contributed by atoms with Crippen LogP contribution in [-0.4, -0.2) is 39.8 Å². The first kappa shape index (κ1) is 19.8. The number of aryl methyl sites for hydroxylation is 2. The average molecular weight is 382 g/mol. The molecule has 2 rings (SSSR count).